The van der Waals surface area contributed by atoms with Crippen molar-refractivity contribution in [3.8, 4) is 0 Å². The molecule has 16 heavy (non-hydrogen) atoms. The van der Waals surface area contributed by atoms with Gasteiger partial charge in [0.1, 0.15) is 0 Å². The lowest BCUT2D eigenvalue weighted by molar-refractivity contribution is 0.0943. The number of nitrogens with one attached hydrogen (secondary N) is 1. The quantitative estimate of drug-likeness (QED) is 0.734. The van der Waals surface area contributed by atoms with E-state index < -0.39 is 6.10 Å². The molecular weight excluding hydrogens is 222 g/mol. The maximum atomic E-state index is 9.16. The van der Waals surface area contributed by atoms with Crippen LogP contribution in [0.5, 0.6) is 0 Å². The normalized spacial score (nSPS) is 14.1. The van der Waals surface area contributed by atoms with Crippen LogP contribution < -0.4 is 5.32 Å². The third-order valence-corrected chi connectivity index (χ3v) is 3.80. The summed E-state index contributed by atoms with van der Waals surface area (Å²) in [5, 5.41) is 20.9. The Morgan fingerprint density at radius 3 is 2.56 bits per heavy atom. The van der Waals surface area contributed by atoms with Gasteiger partial charge in [0.05, 0.1) is 12.7 Å². The summed E-state index contributed by atoms with van der Waals surface area (Å²) < 4.78 is 0. The number of thiophene rings is 1. The Bertz CT molecular complexity index is 317. The molecule has 0 aromatic carbocycles. The largest absolute Gasteiger partial charge is 0.394 e. The Kier molecular flexibility index (Phi) is 4.92. The van der Waals surface area contributed by atoms with E-state index in [0.717, 1.165) is 6.54 Å². The summed E-state index contributed by atoms with van der Waals surface area (Å²) in [5.41, 5.74) is 0.202. The van der Waals surface area contributed by atoms with Gasteiger partial charge in [-0.05, 0) is 17.5 Å². The van der Waals surface area contributed by atoms with Crippen molar-refractivity contribution in [2.45, 2.75) is 38.8 Å². The third-order valence-electron chi connectivity index (χ3n) is 2.29. The minimum Gasteiger partial charge on any atom is -0.394 e. The molecule has 0 spiro atoms. The van der Waals surface area contributed by atoms with Crippen LogP contribution in [-0.2, 0) is 12.0 Å². The fraction of sp³-hybridized carbons (Fsp3) is 0.667. The highest BCUT2D eigenvalue weighted by Gasteiger charge is 2.15. The van der Waals surface area contributed by atoms with Crippen molar-refractivity contribution in [1.29, 1.82) is 0 Å². The van der Waals surface area contributed by atoms with Crippen molar-refractivity contribution in [3.63, 3.8) is 0 Å². The van der Waals surface area contributed by atoms with Gasteiger partial charge in [-0.2, -0.15) is 0 Å². The molecule has 0 fully saturated rings. The first-order valence-corrected chi connectivity index (χ1v) is 6.34. The first kappa shape index (κ1) is 13.6. The average molecular weight is 243 g/mol. The average Bonchev–Trinajstić information content (AvgIpc) is 2.65. The van der Waals surface area contributed by atoms with Gasteiger partial charge < -0.3 is 15.5 Å². The Morgan fingerprint density at radius 2 is 2.06 bits per heavy atom. The molecule has 1 aromatic rings. The Morgan fingerprint density at radius 1 is 1.38 bits per heavy atom. The zero-order valence-corrected chi connectivity index (χ0v) is 11.0. The molecule has 1 heterocycles. The van der Waals surface area contributed by atoms with Crippen LogP contribution in [0.3, 0.4) is 0 Å². The second-order valence-electron chi connectivity index (χ2n) is 4.98. The second-order valence-corrected chi connectivity index (χ2v) is 6.15. The summed E-state index contributed by atoms with van der Waals surface area (Å²) in [6.07, 6.45) is -0.665. The highest BCUT2D eigenvalue weighted by molar-refractivity contribution is 7.12. The highest BCUT2D eigenvalue weighted by Crippen LogP contribution is 2.29. The standard InChI is InChI=1S/C12H21NO2S/c1-12(2,3)11-5-4-10(16-11)7-13-6-9(15)8-14/h4-5,9,13-15H,6-8H2,1-3H3. The maximum absolute atomic E-state index is 9.16. The number of hydrogen-bond donors (Lipinski definition) is 3. The third kappa shape index (κ3) is 4.22. The van der Waals surface area contributed by atoms with E-state index >= 15 is 0 Å². The predicted octanol–water partition coefficient (Wildman–Crippen LogP) is 1.49. The van der Waals surface area contributed by atoms with Crippen molar-refractivity contribution in [2.24, 2.45) is 0 Å². The lowest BCUT2D eigenvalue weighted by atomic mass is 9.95. The van der Waals surface area contributed by atoms with Crippen molar-refractivity contribution >= 4 is 11.3 Å². The van der Waals surface area contributed by atoms with Crippen LogP contribution in [0.15, 0.2) is 12.1 Å². The topological polar surface area (TPSA) is 52.5 Å². The monoisotopic (exact) mass is 243 g/mol. The zero-order chi connectivity index (χ0) is 12.2. The van der Waals surface area contributed by atoms with E-state index in [1.807, 2.05) is 0 Å². The molecular formula is C12H21NO2S. The van der Waals surface area contributed by atoms with Gasteiger partial charge in [-0.15, -0.1) is 11.3 Å². The molecule has 0 saturated carbocycles. The fourth-order valence-electron chi connectivity index (χ4n) is 1.30. The number of aliphatic hydroxyl groups is 2. The maximum Gasteiger partial charge on any atom is 0.0895 e. The van der Waals surface area contributed by atoms with Crippen LogP contribution >= 0.6 is 11.3 Å². The molecule has 1 aromatic heterocycles. The van der Waals surface area contributed by atoms with Gasteiger partial charge in [-0.1, -0.05) is 20.8 Å². The minimum absolute atomic E-state index is 0.190. The molecule has 0 radical (unpaired) electrons. The summed E-state index contributed by atoms with van der Waals surface area (Å²) in [7, 11) is 0. The van der Waals surface area contributed by atoms with E-state index in [2.05, 4.69) is 38.2 Å². The van der Waals surface area contributed by atoms with Gasteiger partial charge >= 0.3 is 0 Å². The first-order chi connectivity index (χ1) is 7.43. The van der Waals surface area contributed by atoms with Gasteiger partial charge in [0.2, 0.25) is 0 Å². The Balaban J connectivity index is 2.41. The van der Waals surface area contributed by atoms with E-state index in [9.17, 15) is 0 Å². The van der Waals surface area contributed by atoms with Crippen molar-refractivity contribution in [2.75, 3.05) is 13.2 Å². The van der Waals surface area contributed by atoms with Crippen LogP contribution in [0.4, 0.5) is 0 Å². The summed E-state index contributed by atoms with van der Waals surface area (Å²) in [4.78, 5) is 2.63. The molecule has 0 aliphatic rings. The number of hydrogen-bond acceptors (Lipinski definition) is 4. The van der Waals surface area contributed by atoms with Gasteiger partial charge in [0.15, 0.2) is 0 Å². The van der Waals surface area contributed by atoms with E-state index in [1.165, 1.54) is 9.75 Å². The Labute approximate surface area is 101 Å². The van der Waals surface area contributed by atoms with E-state index in [1.54, 1.807) is 11.3 Å². The van der Waals surface area contributed by atoms with Gasteiger partial charge in [0, 0.05) is 22.8 Å². The van der Waals surface area contributed by atoms with Crippen LogP contribution in [-0.4, -0.2) is 29.5 Å². The molecule has 0 aliphatic carbocycles. The minimum atomic E-state index is -0.665. The Hall–Kier alpha value is -0.420. The SMILES string of the molecule is CC(C)(C)c1ccc(CNCC(O)CO)s1. The van der Waals surface area contributed by atoms with Crippen LogP contribution in [0.25, 0.3) is 0 Å². The smallest absolute Gasteiger partial charge is 0.0895 e. The molecule has 3 N–H and O–H groups in total. The first-order valence-electron chi connectivity index (χ1n) is 5.52. The molecule has 4 heteroatoms. The number of rotatable bonds is 5. The lowest BCUT2D eigenvalue weighted by Crippen LogP contribution is -2.28. The molecule has 92 valence electrons. The zero-order valence-electron chi connectivity index (χ0n) is 10.2. The summed E-state index contributed by atoms with van der Waals surface area (Å²) in [6.45, 7) is 7.59. The van der Waals surface area contributed by atoms with E-state index in [-0.39, 0.29) is 12.0 Å². The second kappa shape index (κ2) is 5.77. The van der Waals surface area contributed by atoms with Gasteiger partial charge in [0.25, 0.3) is 0 Å². The van der Waals surface area contributed by atoms with Gasteiger partial charge in [-0.3, -0.25) is 0 Å². The van der Waals surface area contributed by atoms with Crippen molar-refractivity contribution in [3.05, 3.63) is 21.9 Å². The van der Waals surface area contributed by atoms with Crippen molar-refractivity contribution in [1.82, 2.24) is 5.32 Å². The van der Waals surface area contributed by atoms with Crippen LogP contribution in [0.1, 0.15) is 30.5 Å². The molecule has 1 rings (SSSR count). The summed E-state index contributed by atoms with van der Waals surface area (Å²) in [5.74, 6) is 0. The highest BCUT2D eigenvalue weighted by atomic mass is 32.1. The fourth-order valence-corrected chi connectivity index (χ4v) is 2.34. The van der Waals surface area contributed by atoms with Crippen molar-refractivity contribution < 1.29 is 10.2 Å². The lowest BCUT2D eigenvalue weighted by Gasteiger charge is -2.15. The summed E-state index contributed by atoms with van der Waals surface area (Å²) >= 11 is 1.79. The molecule has 0 amide bonds. The molecule has 0 aliphatic heterocycles. The van der Waals surface area contributed by atoms with Crippen LogP contribution in [0.2, 0.25) is 0 Å². The molecule has 1 atom stereocenters. The molecule has 0 saturated heterocycles. The summed E-state index contributed by atoms with van der Waals surface area (Å²) in [6, 6.07) is 4.27. The predicted molar refractivity (Wildman–Crippen MR) is 67.8 cm³/mol. The van der Waals surface area contributed by atoms with E-state index in [4.69, 9.17) is 10.2 Å². The van der Waals surface area contributed by atoms with Gasteiger partial charge in [-0.25, -0.2) is 0 Å². The van der Waals surface area contributed by atoms with Crippen LogP contribution in [0, 0.1) is 0 Å². The molecule has 3 nitrogen and oxygen atoms in total. The molecule has 1 unspecified atom stereocenters. The van der Waals surface area contributed by atoms with E-state index in [0.29, 0.717) is 6.54 Å². The number of aliphatic hydroxyl groups excluding tert-OH is 2. The molecule has 0 bridgehead atoms.